The van der Waals surface area contributed by atoms with Gasteiger partial charge in [0.05, 0.1) is 6.04 Å². The minimum atomic E-state index is -0.590. The molecule has 1 amide bonds. The molecule has 2 heterocycles. The number of carbonyl (C=O) groups is 2. The average molecular weight is 370 g/mol. The molecular weight excluding hydrogens is 344 g/mol. The van der Waals surface area contributed by atoms with Crippen LogP contribution in [0.1, 0.15) is 44.5 Å². The van der Waals surface area contributed by atoms with Gasteiger partial charge < -0.3 is 19.3 Å². The van der Waals surface area contributed by atoms with Crippen LogP contribution in [0, 0.1) is 0 Å². The first-order valence-electron chi connectivity index (χ1n) is 9.05. The summed E-state index contributed by atoms with van der Waals surface area (Å²) in [6.45, 7) is 8.14. The first kappa shape index (κ1) is 19.0. The van der Waals surface area contributed by atoms with Gasteiger partial charge in [0.25, 0.3) is 5.91 Å². The number of allylic oxidation sites excluding steroid dienone is 1. The molecule has 144 valence electrons. The van der Waals surface area contributed by atoms with Crippen molar-refractivity contribution < 1.29 is 19.1 Å². The number of rotatable bonds is 4. The first-order chi connectivity index (χ1) is 12.7. The lowest BCUT2D eigenvalue weighted by Crippen LogP contribution is -2.42. The molecule has 1 atom stereocenters. The highest BCUT2D eigenvalue weighted by atomic mass is 16.7. The molecule has 6 heteroatoms. The largest absolute Gasteiger partial charge is 0.454 e. The average Bonchev–Trinajstić information content (AvgIpc) is 3.12. The molecule has 0 radical (unpaired) electrons. The Bertz CT molecular complexity index is 820. The van der Waals surface area contributed by atoms with Crippen molar-refractivity contribution in [2.75, 3.05) is 13.8 Å². The number of hydrogen-bond donors (Lipinski definition) is 0. The van der Waals surface area contributed by atoms with Crippen LogP contribution < -0.4 is 9.47 Å². The lowest BCUT2D eigenvalue weighted by atomic mass is 10.0. The fourth-order valence-corrected chi connectivity index (χ4v) is 2.99. The molecule has 0 N–H and O–H groups in total. The zero-order chi connectivity index (χ0) is 19.8. The second-order valence-corrected chi connectivity index (χ2v) is 7.85. The third-order valence-electron chi connectivity index (χ3n) is 4.89. The summed E-state index contributed by atoms with van der Waals surface area (Å²) in [5.74, 6) is 0.909. The molecule has 0 fully saturated rings. The number of ketones is 1. The molecule has 0 saturated carbocycles. The minimum Gasteiger partial charge on any atom is -0.454 e. The van der Waals surface area contributed by atoms with Crippen LogP contribution >= 0.6 is 0 Å². The van der Waals surface area contributed by atoms with E-state index in [9.17, 15) is 9.59 Å². The molecule has 27 heavy (non-hydrogen) atoms. The van der Waals surface area contributed by atoms with Gasteiger partial charge in [-0.15, -0.1) is 0 Å². The van der Waals surface area contributed by atoms with Crippen LogP contribution in [-0.4, -0.2) is 46.9 Å². The van der Waals surface area contributed by atoms with Gasteiger partial charge in [-0.3, -0.25) is 9.59 Å². The molecule has 0 spiro atoms. The fourth-order valence-electron chi connectivity index (χ4n) is 2.99. The predicted octanol–water partition coefficient (Wildman–Crippen LogP) is 3.35. The Hall–Kier alpha value is -2.76. The van der Waals surface area contributed by atoms with Crippen molar-refractivity contribution in [3.05, 3.63) is 47.8 Å². The van der Waals surface area contributed by atoms with E-state index >= 15 is 0 Å². The van der Waals surface area contributed by atoms with E-state index in [0.29, 0.717) is 29.1 Å². The molecule has 0 bridgehead atoms. The van der Waals surface area contributed by atoms with E-state index in [1.54, 1.807) is 32.2 Å². The fraction of sp³-hybridized carbons (Fsp3) is 0.429. The smallest absolute Gasteiger partial charge is 0.251 e. The van der Waals surface area contributed by atoms with Crippen molar-refractivity contribution in [3.63, 3.8) is 0 Å². The third kappa shape index (κ3) is 3.84. The van der Waals surface area contributed by atoms with Gasteiger partial charge in [-0.25, -0.2) is 0 Å². The SMILES string of the molecule is C[C@@H](C(=O)c1ccc2c(c1)OCO2)N(C)C(=O)C1=CN(C(C)(C)C)C=CC1. The number of nitrogens with zero attached hydrogens (tertiary/aromatic N) is 2. The van der Waals surface area contributed by atoms with Crippen LogP contribution in [-0.2, 0) is 4.79 Å². The van der Waals surface area contributed by atoms with Crippen molar-refractivity contribution in [3.8, 4) is 11.5 Å². The van der Waals surface area contributed by atoms with Crippen LogP contribution in [0.25, 0.3) is 0 Å². The number of hydrogen-bond acceptors (Lipinski definition) is 5. The summed E-state index contributed by atoms with van der Waals surface area (Å²) in [5.41, 5.74) is 1.05. The number of ether oxygens (including phenoxy) is 2. The minimum absolute atomic E-state index is 0.116. The highest BCUT2D eigenvalue weighted by Crippen LogP contribution is 2.33. The second kappa shape index (κ2) is 7.10. The quantitative estimate of drug-likeness (QED) is 0.761. The van der Waals surface area contributed by atoms with Crippen LogP contribution in [0.15, 0.2) is 42.2 Å². The normalized spacial score (nSPS) is 16.8. The third-order valence-corrected chi connectivity index (χ3v) is 4.89. The zero-order valence-electron chi connectivity index (χ0n) is 16.5. The number of fused-ring (bicyclic) bond motifs is 1. The maximum atomic E-state index is 12.9. The first-order valence-corrected chi connectivity index (χ1v) is 9.05. The summed E-state index contributed by atoms with van der Waals surface area (Å²) in [4.78, 5) is 29.3. The molecule has 0 aromatic heterocycles. The van der Waals surface area contributed by atoms with Gasteiger partial charge in [-0.1, -0.05) is 6.08 Å². The Kier molecular flexibility index (Phi) is 5.00. The molecule has 1 aromatic rings. The van der Waals surface area contributed by atoms with Gasteiger partial charge in [0, 0.05) is 36.1 Å². The van der Waals surface area contributed by atoms with Gasteiger partial charge in [0.1, 0.15) is 0 Å². The number of carbonyl (C=O) groups excluding carboxylic acids is 2. The highest BCUT2D eigenvalue weighted by Gasteiger charge is 2.28. The van der Waals surface area contributed by atoms with Crippen molar-refractivity contribution in [2.45, 2.75) is 45.7 Å². The van der Waals surface area contributed by atoms with E-state index in [4.69, 9.17) is 9.47 Å². The highest BCUT2D eigenvalue weighted by molar-refractivity contribution is 6.04. The Morgan fingerprint density at radius 1 is 1.19 bits per heavy atom. The van der Waals surface area contributed by atoms with Crippen LogP contribution in [0.5, 0.6) is 11.5 Å². The number of likely N-dealkylation sites (N-methyl/N-ethyl adjacent to an activating group) is 1. The maximum absolute atomic E-state index is 12.9. The van der Waals surface area contributed by atoms with Crippen LogP contribution in [0.3, 0.4) is 0 Å². The van der Waals surface area contributed by atoms with Gasteiger partial charge >= 0.3 is 0 Å². The number of amides is 1. The Morgan fingerprint density at radius 2 is 1.89 bits per heavy atom. The monoisotopic (exact) mass is 370 g/mol. The van der Waals surface area contributed by atoms with Crippen LogP contribution in [0.2, 0.25) is 0 Å². The second-order valence-electron chi connectivity index (χ2n) is 7.85. The molecule has 2 aliphatic heterocycles. The molecule has 0 saturated heterocycles. The van der Waals surface area contributed by atoms with E-state index in [1.807, 2.05) is 23.4 Å². The molecule has 0 aliphatic carbocycles. The lowest BCUT2D eigenvalue weighted by Gasteiger charge is -2.35. The van der Waals surface area contributed by atoms with Crippen molar-refractivity contribution >= 4 is 11.7 Å². The Labute approximate surface area is 160 Å². The van der Waals surface area contributed by atoms with E-state index in [-0.39, 0.29) is 24.0 Å². The molecule has 6 nitrogen and oxygen atoms in total. The Morgan fingerprint density at radius 3 is 2.59 bits per heavy atom. The zero-order valence-corrected chi connectivity index (χ0v) is 16.5. The summed E-state index contributed by atoms with van der Waals surface area (Å²) < 4.78 is 10.6. The van der Waals surface area contributed by atoms with Crippen molar-refractivity contribution in [1.29, 1.82) is 0 Å². The van der Waals surface area contributed by atoms with Crippen LogP contribution in [0.4, 0.5) is 0 Å². The van der Waals surface area contributed by atoms with E-state index in [2.05, 4.69) is 20.8 Å². The summed E-state index contributed by atoms with van der Waals surface area (Å²) >= 11 is 0. The Balaban J connectivity index is 1.74. The van der Waals surface area contributed by atoms with E-state index in [0.717, 1.165) is 0 Å². The van der Waals surface area contributed by atoms with E-state index in [1.165, 1.54) is 4.90 Å². The summed E-state index contributed by atoms with van der Waals surface area (Å²) in [6, 6.07) is 4.51. The molecular formula is C21H26N2O4. The number of benzene rings is 1. The summed E-state index contributed by atoms with van der Waals surface area (Å²) in [6.07, 6.45) is 6.38. The summed E-state index contributed by atoms with van der Waals surface area (Å²) in [5, 5.41) is 0. The number of Topliss-reactive ketones (excluding diaryl/α,β-unsaturated/α-hetero) is 1. The van der Waals surface area contributed by atoms with Gasteiger partial charge in [0.2, 0.25) is 6.79 Å². The molecule has 3 rings (SSSR count). The standard InChI is InChI=1S/C21H26N2O4/c1-14(19(24)15-8-9-17-18(11-15)27-13-26-17)22(5)20(25)16-7-6-10-23(12-16)21(2,3)4/h6,8-12,14H,7,13H2,1-5H3/t14-/m0/s1. The van der Waals surface area contributed by atoms with Gasteiger partial charge in [0.15, 0.2) is 17.3 Å². The maximum Gasteiger partial charge on any atom is 0.251 e. The van der Waals surface area contributed by atoms with Crippen molar-refractivity contribution in [2.24, 2.45) is 0 Å². The topological polar surface area (TPSA) is 59.1 Å². The lowest BCUT2D eigenvalue weighted by molar-refractivity contribution is -0.127. The molecule has 1 aromatic carbocycles. The van der Waals surface area contributed by atoms with E-state index < -0.39 is 6.04 Å². The molecule has 2 aliphatic rings. The van der Waals surface area contributed by atoms with Gasteiger partial charge in [-0.2, -0.15) is 0 Å². The van der Waals surface area contributed by atoms with Gasteiger partial charge in [-0.05, 0) is 52.3 Å². The predicted molar refractivity (Wildman–Crippen MR) is 103 cm³/mol. The van der Waals surface area contributed by atoms with Crippen molar-refractivity contribution in [1.82, 2.24) is 9.80 Å². The molecule has 0 unspecified atom stereocenters. The summed E-state index contributed by atoms with van der Waals surface area (Å²) in [7, 11) is 1.67.